The van der Waals surface area contributed by atoms with Gasteiger partial charge >= 0.3 is 6.03 Å². The first kappa shape index (κ1) is 18.9. The van der Waals surface area contributed by atoms with E-state index in [1.54, 1.807) is 11.7 Å². The Bertz CT molecular complexity index is 1010. The van der Waals surface area contributed by atoms with Gasteiger partial charge < -0.3 is 9.80 Å². The fraction of sp³-hybridized carbons (Fsp3) is 0.333. The summed E-state index contributed by atoms with van der Waals surface area (Å²) in [6.07, 6.45) is 3.17. The Morgan fingerprint density at radius 3 is 2.45 bits per heavy atom. The predicted octanol–water partition coefficient (Wildman–Crippen LogP) is 1.95. The summed E-state index contributed by atoms with van der Waals surface area (Å²) in [6.45, 7) is 4.06. The second kappa shape index (κ2) is 7.20. The van der Waals surface area contributed by atoms with E-state index in [1.165, 1.54) is 9.80 Å². The molecule has 2 aliphatic heterocycles. The summed E-state index contributed by atoms with van der Waals surface area (Å²) in [4.78, 5) is 35.3. The zero-order valence-electron chi connectivity index (χ0n) is 17.0. The lowest BCUT2D eigenvalue weighted by molar-refractivity contribution is -0.136. The number of urea groups is 1. The zero-order valence-corrected chi connectivity index (χ0v) is 17.0. The highest BCUT2D eigenvalue weighted by Gasteiger charge is 2.51. The van der Waals surface area contributed by atoms with Gasteiger partial charge in [-0.05, 0) is 25.5 Å². The number of rotatable bonds is 3. The van der Waals surface area contributed by atoms with Crippen LogP contribution in [0.25, 0.3) is 6.08 Å². The van der Waals surface area contributed by atoms with E-state index in [0.717, 1.165) is 17.0 Å². The molecule has 2 aromatic rings. The van der Waals surface area contributed by atoms with E-state index in [1.807, 2.05) is 74.3 Å². The van der Waals surface area contributed by atoms with Gasteiger partial charge in [-0.25, -0.2) is 14.5 Å². The number of hydrogen-bond donors (Lipinski definition) is 0. The predicted molar refractivity (Wildman–Crippen MR) is 110 cm³/mol. The van der Waals surface area contributed by atoms with Gasteiger partial charge in [-0.1, -0.05) is 42.5 Å². The van der Waals surface area contributed by atoms with Gasteiger partial charge in [0.15, 0.2) is 12.2 Å². The SMILES string of the molecule is Cc1cc(C)n(C2=NC3C(C(=O)N(C/C=C/c4ccccc4)C(=O)N3C)N2C)n1. The van der Waals surface area contributed by atoms with Gasteiger partial charge in [0.05, 0.1) is 5.69 Å². The van der Waals surface area contributed by atoms with Crippen LogP contribution in [0.5, 0.6) is 0 Å². The lowest BCUT2D eigenvalue weighted by atomic mass is 10.1. The first-order valence-corrected chi connectivity index (χ1v) is 9.52. The molecule has 1 saturated heterocycles. The largest absolute Gasteiger partial charge is 0.328 e. The van der Waals surface area contributed by atoms with Crippen LogP contribution < -0.4 is 0 Å². The Balaban J connectivity index is 1.57. The van der Waals surface area contributed by atoms with E-state index < -0.39 is 12.2 Å². The molecule has 2 atom stereocenters. The minimum Gasteiger partial charge on any atom is -0.328 e. The van der Waals surface area contributed by atoms with Crippen LogP contribution in [0, 0.1) is 13.8 Å². The third kappa shape index (κ3) is 3.20. The summed E-state index contributed by atoms with van der Waals surface area (Å²) in [6, 6.07) is 10.8. The number of imide groups is 1. The Morgan fingerprint density at radius 1 is 1.07 bits per heavy atom. The highest BCUT2D eigenvalue weighted by Crippen LogP contribution is 2.27. The maximum atomic E-state index is 13.2. The molecule has 3 amide bonds. The topological polar surface area (TPSA) is 74.0 Å². The van der Waals surface area contributed by atoms with Crippen molar-refractivity contribution in [1.29, 1.82) is 0 Å². The molecule has 29 heavy (non-hydrogen) atoms. The van der Waals surface area contributed by atoms with Crippen LogP contribution in [0.2, 0.25) is 0 Å². The molecule has 0 spiro atoms. The molecular formula is C21H24N6O2. The van der Waals surface area contributed by atoms with Gasteiger partial charge in [0.1, 0.15) is 0 Å². The summed E-state index contributed by atoms with van der Waals surface area (Å²) < 4.78 is 1.72. The monoisotopic (exact) mass is 392 g/mol. The molecule has 2 aliphatic rings. The normalized spacial score (nSPS) is 21.9. The van der Waals surface area contributed by atoms with Crippen molar-refractivity contribution in [2.75, 3.05) is 20.6 Å². The summed E-state index contributed by atoms with van der Waals surface area (Å²) in [5.41, 5.74) is 2.82. The number of aromatic nitrogens is 2. The minimum absolute atomic E-state index is 0.212. The van der Waals surface area contributed by atoms with Gasteiger partial charge in [0.25, 0.3) is 5.91 Å². The Kier molecular flexibility index (Phi) is 4.70. The van der Waals surface area contributed by atoms with Crippen molar-refractivity contribution < 1.29 is 9.59 Å². The summed E-state index contributed by atoms with van der Waals surface area (Å²) in [5.74, 6) is 0.318. The molecule has 1 fully saturated rings. The summed E-state index contributed by atoms with van der Waals surface area (Å²) in [5, 5.41) is 4.48. The first-order chi connectivity index (χ1) is 13.9. The van der Waals surface area contributed by atoms with Crippen LogP contribution in [0.1, 0.15) is 17.0 Å². The van der Waals surface area contributed by atoms with Gasteiger partial charge in [0.2, 0.25) is 5.96 Å². The zero-order chi connectivity index (χ0) is 20.7. The van der Waals surface area contributed by atoms with E-state index in [-0.39, 0.29) is 18.5 Å². The van der Waals surface area contributed by atoms with Gasteiger partial charge in [0, 0.05) is 26.3 Å². The third-order valence-electron chi connectivity index (χ3n) is 5.31. The van der Waals surface area contributed by atoms with Crippen molar-refractivity contribution in [1.82, 2.24) is 24.5 Å². The number of amides is 3. The fourth-order valence-corrected chi connectivity index (χ4v) is 3.82. The Labute approximate surface area is 169 Å². The summed E-state index contributed by atoms with van der Waals surface area (Å²) >= 11 is 0. The standard InChI is InChI=1S/C21H24N6O2/c1-14-13-15(2)27(23-14)20-22-18-17(24(20)3)19(28)26(21(29)25(18)4)12-8-11-16-9-6-5-7-10-16/h5-11,13,17-18H,12H2,1-4H3/b11-8+. The number of nitrogens with zero attached hydrogens (tertiary/aromatic N) is 6. The van der Waals surface area contributed by atoms with Crippen LogP contribution in [0.4, 0.5) is 4.79 Å². The van der Waals surface area contributed by atoms with Gasteiger partial charge in [-0.2, -0.15) is 5.10 Å². The highest BCUT2D eigenvalue weighted by molar-refractivity contribution is 6.04. The first-order valence-electron chi connectivity index (χ1n) is 9.52. The van der Waals surface area contributed by atoms with E-state index >= 15 is 0 Å². The van der Waals surface area contributed by atoms with E-state index in [0.29, 0.717) is 5.96 Å². The van der Waals surface area contributed by atoms with Crippen molar-refractivity contribution >= 4 is 24.0 Å². The highest BCUT2D eigenvalue weighted by atomic mass is 16.2. The van der Waals surface area contributed by atoms with Crippen molar-refractivity contribution in [3.8, 4) is 0 Å². The molecule has 0 aliphatic carbocycles. The summed E-state index contributed by atoms with van der Waals surface area (Å²) in [7, 11) is 3.50. The number of hydrogen-bond acceptors (Lipinski definition) is 5. The number of likely N-dealkylation sites (N-methyl/N-ethyl adjacent to an activating group) is 2. The van der Waals surface area contributed by atoms with Crippen molar-refractivity contribution in [3.05, 3.63) is 59.4 Å². The molecule has 0 N–H and O–H groups in total. The Hall–Kier alpha value is -3.42. The van der Waals surface area contributed by atoms with Gasteiger partial charge in [-0.15, -0.1) is 0 Å². The van der Waals surface area contributed by atoms with E-state index in [9.17, 15) is 9.59 Å². The Morgan fingerprint density at radius 2 is 1.79 bits per heavy atom. The molecule has 3 heterocycles. The molecule has 8 nitrogen and oxygen atoms in total. The average molecular weight is 392 g/mol. The lowest BCUT2D eigenvalue weighted by Gasteiger charge is -2.40. The van der Waals surface area contributed by atoms with E-state index in [2.05, 4.69) is 10.1 Å². The lowest BCUT2D eigenvalue weighted by Crippen LogP contribution is -2.64. The molecule has 1 aromatic carbocycles. The number of carbonyl (C=O) groups is 2. The van der Waals surface area contributed by atoms with Crippen molar-refractivity contribution in [2.24, 2.45) is 4.99 Å². The van der Waals surface area contributed by atoms with Crippen LogP contribution in [-0.4, -0.2) is 75.2 Å². The molecule has 8 heteroatoms. The van der Waals surface area contributed by atoms with Crippen LogP contribution >= 0.6 is 0 Å². The number of benzene rings is 1. The van der Waals surface area contributed by atoms with Crippen LogP contribution in [0.3, 0.4) is 0 Å². The maximum Gasteiger partial charge on any atom is 0.328 e. The number of carbonyl (C=O) groups excluding carboxylic acids is 2. The second-order valence-electron chi connectivity index (χ2n) is 7.39. The number of aliphatic imine (C=N–C) groups is 1. The molecule has 1 aromatic heterocycles. The molecule has 0 saturated carbocycles. The average Bonchev–Trinajstić information content (AvgIpc) is 3.22. The maximum absolute atomic E-state index is 13.2. The van der Waals surface area contributed by atoms with Crippen LogP contribution in [0.15, 0.2) is 47.5 Å². The van der Waals surface area contributed by atoms with Crippen molar-refractivity contribution in [3.63, 3.8) is 0 Å². The smallest absolute Gasteiger partial charge is 0.328 e. The fourth-order valence-electron chi connectivity index (χ4n) is 3.82. The van der Waals surface area contributed by atoms with E-state index in [4.69, 9.17) is 0 Å². The molecular weight excluding hydrogens is 368 g/mol. The second-order valence-corrected chi connectivity index (χ2v) is 7.39. The number of fused-ring (bicyclic) bond motifs is 1. The number of aryl methyl sites for hydroxylation is 2. The van der Waals surface area contributed by atoms with Crippen LogP contribution in [-0.2, 0) is 4.79 Å². The van der Waals surface area contributed by atoms with Crippen molar-refractivity contribution in [2.45, 2.75) is 26.1 Å². The minimum atomic E-state index is -0.568. The molecule has 0 radical (unpaired) electrons. The van der Waals surface area contributed by atoms with Gasteiger partial charge in [-0.3, -0.25) is 9.69 Å². The molecule has 4 rings (SSSR count). The molecule has 2 unspecified atom stereocenters. The quantitative estimate of drug-likeness (QED) is 0.800. The molecule has 150 valence electrons. The third-order valence-corrected chi connectivity index (χ3v) is 5.31. The molecule has 0 bridgehead atoms.